The molecular weight excluding hydrogens is 282 g/mol. The van der Waals surface area contributed by atoms with Gasteiger partial charge >= 0.3 is 0 Å². The predicted octanol–water partition coefficient (Wildman–Crippen LogP) is 2.14. The summed E-state index contributed by atoms with van der Waals surface area (Å²) in [5.41, 5.74) is 1.18. The standard InChI is InChI=1S/C16H27N3OS/c1-4-17-14(8-16-18-11(2)12(3)21-16)15-9-19-7-5-6-13(19)10-20-15/h13-15,17H,4-10H2,1-3H3. The molecule has 2 aliphatic heterocycles. The van der Waals surface area contributed by atoms with Crippen molar-refractivity contribution in [1.29, 1.82) is 0 Å². The molecule has 0 amide bonds. The monoisotopic (exact) mass is 309 g/mol. The van der Waals surface area contributed by atoms with Gasteiger partial charge in [-0.2, -0.15) is 0 Å². The zero-order valence-electron chi connectivity index (χ0n) is 13.4. The number of hydrogen-bond acceptors (Lipinski definition) is 5. The third kappa shape index (κ3) is 3.47. The Morgan fingerprint density at radius 1 is 1.48 bits per heavy atom. The van der Waals surface area contributed by atoms with E-state index in [0.29, 0.717) is 18.2 Å². The van der Waals surface area contributed by atoms with Crippen molar-refractivity contribution in [2.75, 3.05) is 26.2 Å². The largest absolute Gasteiger partial charge is 0.374 e. The number of hydrogen-bond donors (Lipinski definition) is 1. The van der Waals surface area contributed by atoms with Crippen LogP contribution < -0.4 is 5.32 Å². The molecule has 0 saturated carbocycles. The molecule has 0 radical (unpaired) electrons. The van der Waals surface area contributed by atoms with E-state index in [-0.39, 0.29) is 0 Å². The Labute approximate surface area is 131 Å². The summed E-state index contributed by atoms with van der Waals surface area (Å²) in [5.74, 6) is 0. The minimum absolute atomic E-state index is 0.295. The molecule has 2 fully saturated rings. The predicted molar refractivity (Wildman–Crippen MR) is 87.1 cm³/mol. The van der Waals surface area contributed by atoms with Gasteiger partial charge in [0.2, 0.25) is 0 Å². The molecule has 3 rings (SSSR count). The fourth-order valence-electron chi connectivity index (χ4n) is 3.50. The Balaban J connectivity index is 1.66. The van der Waals surface area contributed by atoms with E-state index in [1.165, 1.54) is 35.0 Å². The molecule has 3 heterocycles. The minimum Gasteiger partial charge on any atom is -0.374 e. The van der Waals surface area contributed by atoms with Crippen LogP contribution in [0.1, 0.15) is 35.3 Å². The van der Waals surface area contributed by atoms with Gasteiger partial charge in [-0.3, -0.25) is 4.90 Å². The van der Waals surface area contributed by atoms with Crippen molar-refractivity contribution >= 4 is 11.3 Å². The summed E-state index contributed by atoms with van der Waals surface area (Å²) in [4.78, 5) is 8.66. The molecule has 1 aromatic heterocycles. The highest BCUT2D eigenvalue weighted by Crippen LogP contribution is 2.25. The second kappa shape index (κ2) is 6.73. The molecule has 0 bridgehead atoms. The fourth-order valence-corrected chi connectivity index (χ4v) is 4.49. The van der Waals surface area contributed by atoms with Crippen LogP contribution >= 0.6 is 11.3 Å². The molecular formula is C16H27N3OS. The Morgan fingerprint density at radius 3 is 3.05 bits per heavy atom. The van der Waals surface area contributed by atoms with Gasteiger partial charge in [0, 0.05) is 29.9 Å². The van der Waals surface area contributed by atoms with Crippen LogP contribution in [0, 0.1) is 13.8 Å². The van der Waals surface area contributed by atoms with Crippen molar-refractivity contribution in [2.24, 2.45) is 0 Å². The molecule has 2 aliphatic rings. The third-order valence-electron chi connectivity index (χ3n) is 4.80. The Kier molecular flexibility index (Phi) is 4.94. The Morgan fingerprint density at radius 2 is 2.33 bits per heavy atom. The van der Waals surface area contributed by atoms with E-state index in [2.05, 4.69) is 31.0 Å². The van der Waals surface area contributed by atoms with E-state index in [1.54, 1.807) is 0 Å². The van der Waals surface area contributed by atoms with Gasteiger partial charge in [-0.1, -0.05) is 6.92 Å². The van der Waals surface area contributed by atoms with Crippen LogP contribution in [0.25, 0.3) is 0 Å². The summed E-state index contributed by atoms with van der Waals surface area (Å²) >= 11 is 1.83. The lowest BCUT2D eigenvalue weighted by Gasteiger charge is -2.39. The van der Waals surface area contributed by atoms with Crippen LogP contribution in [-0.2, 0) is 11.2 Å². The summed E-state index contributed by atoms with van der Waals surface area (Å²) in [6, 6.07) is 1.05. The van der Waals surface area contributed by atoms with Gasteiger partial charge in [0.1, 0.15) is 0 Å². The van der Waals surface area contributed by atoms with Crippen molar-refractivity contribution in [1.82, 2.24) is 15.2 Å². The number of rotatable bonds is 5. The van der Waals surface area contributed by atoms with Gasteiger partial charge < -0.3 is 10.1 Å². The highest BCUT2D eigenvalue weighted by Gasteiger charge is 2.35. The second-order valence-electron chi connectivity index (χ2n) is 6.28. The van der Waals surface area contributed by atoms with Crippen molar-refractivity contribution in [3.8, 4) is 0 Å². The SMILES string of the molecule is CCNC(Cc1nc(C)c(C)s1)C1CN2CCCC2CO1. The van der Waals surface area contributed by atoms with E-state index in [4.69, 9.17) is 9.72 Å². The summed E-state index contributed by atoms with van der Waals surface area (Å²) in [6.07, 6.45) is 3.92. The van der Waals surface area contributed by atoms with Crippen molar-refractivity contribution in [3.05, 3.63) is 15.6 Å². The lowest BCUT2D eigenvalue weighted by atomic mass is 10.0. The molecule has 0 aromatic carbocycles. The molecule has 3 unspecified atom stereocenters. The zero-order valence-corrected chi connectivity index (χ0v) is 14.2. The van der Waals surface area contributed by atoms with E-state index >= 15 is 0 Å². The number of thiazole rings is 1. The average Bonchev–Trinajstić information content (AvgIpc) is 3.05. The van der Waals surface area contributed by atoms with Gasteiger partial charge in [0.05, 0.1) is 23.4 Å². The molecule has 1 N–H and O–H groups in total. The number of morpholine rings is 1. The smallest absolute Gasteiger partial charge is 0.0947 e. The zero-order chi connectivity index (χ0) is 14.8. The average molecular weight is 309 g/mol. The maximum Gasteiger partial charge on any atom is 0.0947 e. The summed E-state index contributed by atoms with van der Waals surface area (Å²) in [6.45, 7) is 10.6. The molecule has 118 valence electrons. The van der Waals surface area contributed by atoms with Crippen LogP contribution in [-0.4, -0.2) is 54.3 Å². The minimum atomic E-state index is 0.295. The van der Waals surface area contributed by atoms with Crippen LogP contribution in [0.2, 0.25) is 0 Å². The Hall–Kier alpha value is -0.490. The van der Waals surface area contributed by atoms with E-state index in [0.717, 1.165) is 26.1 Å². The second-order valence-corrected chi connectivity index (χ2v) is 7.57. The van der Waals surface area contributed by atoms with Crippen LogP contribution in [0.5, 0.6) is 0 Å². The van der Waals surface area contributed by atoms with Crippen molar-refractivity contribution in [2.45, 2.75) is 58.2 Å². The first kappa shape index (κ1) is 15.4. The van der Waals surface area contributed by atoms with Crippen LogP contribution in [0.3, 0.4) is 0 Å². The molecule has 21 heavy (non-hydrogen) atoms. The molecule has 0 aliphatic carbocycles. The number of ether oxygens (including phenoxy) is 1. The molecule has 3 atom stereocenters. The molecule has 4 nitrogen and oxygen atoms in total. The van der Waals surface area contributed by atoms with E-state index < -0.39 is 0 Å². The highest BCUT2D eigenvalue weighted by molar-refractivity contribution is 7.11. The van der Waals surface area contributed by atoms with Crippen LogP contribution in [0.4, 0.5) is 0 Å². The fraction of sp³-hybridized carbons (Fsp3) is 0.812. The molecule has 2 saturated heterocycles. The van der Waals surface area contributed by atoms with Gasteiger partial charge in [0.15, 0.2) is 0 Å². The number of likely N-dealkylation sites (N-methyl/N-ethyl adjacent to an activating group) is 1. The first-order valence-electron chi connectivity index (χ1n) is 8.19. The van der Waals surface area contributed by atoms with Gasteiger partial charge in [-0.15, -0.1) is 11.3 Å². The molecule has 5 heteroatoms. The quantitative estimate of drug-likeness (QED) is 0.904. The maximum absolute atomic E-state index is 6.19. The van der Waals surface area contributed by atoms with E-state index in [1.807, 2.05) is 11.3 Å². The highest BCUT2D eigenvalue weighted by atomic mass is 32.1. The molecule has 0 spiro atoms. The topological polar surface area (TPSA) is 37.4 Å². The number of aromatic nitrogens is 1. The first-order valence-corrected chi connectivity index (χ1v) is 9.01. The van der Waals surface area contributed by atoms with Gasteiger partial charge in [-0.05, 0) is 39.8 Å². The lowest BCUT2D eigenvalue weighted by molar-refractivity contribution is -0.0641. The van der Waals surface area contributed by atoms with Crippen molar-refractivity contribution < 1.29 is 4.74 Å². The Bertz CT molecular complexity index is 457. The third-order valence-corrected chi connectivity index (χ3v) is 5.89. The van der Waals surface area contributed by atoms with Crippen molar-refractivity contribution in [3.63, 3.8) is 0 Å². The number of nitrogens with zero attached hydrogens (tertiary/aromatic N) is 2. The van der Waals surface area contributed by atoms with Crippen LogP contribution in [0.15, 0.2) is 0 Å². The number of aryl methyl sites for hydroxylation is 2. The number of fused-ring (bicyclic) bond motifs is 1. The number of nitrogens with one attached hydrogen (secondary N) is 1. The first-order chi connectivity index (χ1) is 10.2. The summed E-state index contributed by atoms with van der Waals surface area (Å²) < 4.78 is 6.19. The van der Waals surface area contributed by atoms with E-state index in [9.17, 15) is 0 Å². The normalized spacial score (nSPS) is 27.8. The molecule has 1 aromatic rings. The lowest BCUT2D eigenvalue weighted by Crippen LogP contribution is -2.54. The van der Waals surface area contributed by atoms with Gasteiger partial charge in [0.25, 0.3) is 0 Å². The summed E-state index contributed by atoms with van der Waals surface area (Å²) in [7, 11) is 0. The van der Waals surface area contributed by atoms with Gasteiger partial charge in [-0.25, -0.2) is 4.98 Å². The summed E-state index contributed by atoms with van der Waals surface area (Å²) in [5, 5.41) is 4.86. The maximum atomic E-state index is 6.19.